The zero-order valence-electron chi connectivity index (χ0n) is 11.1. The SMILES string of the molecule is O=C(CSc1ccccc1Br)c1cnc2ccccc2c1. The van der Waals surface area contributed by atoms with E-state index in [1.807, 2.05) is 54.6 Å². The minimum absolute atomic E-state index is 0.0917. The first-order valence-electron chi connectivity index (χ1n) is 6.49. The first kappa shape index (κ1) is 14.3. The summed E-state index contributed by atoms with van der Waals surface area (Å²) in [5, 5.41) is 0.995. The highest BCUT2D eigenvalue weighted by Gasteiger charge is 2.09. The van der Waals surface area contributed by atoms with Gasteiger partial charge in [0.05, 0.1) is 11.3 Å². The molecule has 4 heteroatoms. The highest BCUT2D eigenvalue weighted by atomic mass is 79.9. The lowest BCUT2D eigenvalue weighted by Crippen LogP contribution is -2.03. The normalized spacial score (nSPS) is 10.7. The number of Topliss-reactive ketones (excluding diaryl/α,β-unsaturated/α-hetero) is 1. The predicted molar refractivity (Wildman–Crippen MR) is 90.9 cm³/mol. The van der Waals surface area contributed by atoms with Crippen molar-refractivity contribution in [3.8, 4) is 0 Å². The molecule has 0 amide bonds. The van der Waals surface area contributed by atoms with Gasteiger partial charge in [-0.1, -0.05) is 30.3 Å². The molecule has 0 aliphatic rings. The van der Waals surface area contributed by atoms with Gasteiger partial charge in [0.25, 0.3) is 0 Å². The molecule has 0 bridgehead atoms. The van der Waals surface area contributed by atoms with E-state index in [1.54, 1.807) is 6.20 Å². The zero-order valence-corrected chi connectivity index (χ0v) is 13.5. The Hall–Kier alpha value is -1.65. The molecule has 1 heterocycles. The van der Waals surface area contributed by atoms with E-state index >= 15 is 0 Å². The number of benzene rings is 2. The van der Waals surface area contributed by atoms with Crippen LogP contribution < -0.4 is 0 Å². The highest BCUT2D eigenvalue weighted by Crippen LogP contribution is 2.27. The lowest BCUT2D eigenvalue weighted by atomic mass is 10.1. The molecule has 0 N–H and O–H groups in total. The van der Waals surface area contributed by atoms with Crippen molar-refractivity contribution in [1.82, 2.24) is 4.98 Å². The minimum Gasteiger partial charge on any atom is -0.293 e. The molecular formula is C17H12BrNOS. The molecule has 0 atom stereocenters. The highest BCUT2D eigenvalue weighted by molar-refractivity contribution is 9.10. The lowest BCUT2D eigenvalue weighted by molar-refractivity contribution is 0.102. The van der Waals surface area contributed by atoms with Crippen molar-refractivity contribution < 1.29 is 4.79 Å². The maximum Gasteiger partial charge on any atom is 0.174 e. The fourth-order valence-corrected chi connectivity index (χ4v) is 3.47. The molecule has 3 rings (SSSR count). The number of ketones is 1. The van der Waals surface area contributed by atoms with Crippen LogP contribution in [0, 0.1) is 0 Å². The van der Waals surface area contributed by atoms with Crippen LogP contribution in [0.4, 0.5) is 0 Å². The van der Waals surface area contributed by atoms with Crippen molar-refractivity contribution in [2.45, 2.75) is 4.90 Å². The molecule has 0 spiro atoms. The molecule has 2 nitrogen and oxygen atoms in total. The van der Waals surface area contributed by atoms with Gasteiger partial charge in [0.2, 0.25) is 0 Å². The summed E-state index contributed by atoms with van der Waals surface area (Å²) in [6.07, 6.45) is 1.66. The molecule has 0 fully saturated rings. The smallest absolute Gasteiger partial charge is 0.174 e. The molecule has 0 radical (unpaired) electrons. The standard InChI is InChI=1S/C17H12BrNOS/c18-14-6-2-4-8-17(14)21-11-16(20)13-9-12-5-1-3-7-15(12)19-10-13/h1-10H,11H2. The van der Waals surface area contributed by atoms with Crippen LogP contribution >= 0.6 is 27.7 Å². The maximum absolute atomic E-state index is 12.3. The third-order valence-electron chi connectivity index (χ3n) is 3.11. The molecule has 2 aromatic carbocycles. The summed E-state index contributed by atoms with van der Waals surface area (Å²) >= 11 is 5.02. The van der Waals surface area contributed by atoms with Crippen LogP contribution in [-0.2, 0) is 0 Å². The Morgan fingerprint density at radius 1 is 1.10 bits per heavy atom. The quantitative estimate of drug-likeness (QED) is 0.487. The third-order valence-corrected chi connectivity index (χ3v) is 5.14. The van der Waals surface area contributed by atoms with Crippen LogP contribution in [0.5, 0.6) is 0 Å². The number of thioether (sulfide) groups is 1. The van der Waals surface area contributed by atoms with Gasteiger partial charge in [-0.15, -0.1) is 11.8 Å². The molecule has 0 unspecified atom stereocenters. The van der Waals surface area contributed by atoms with Crippen LogP contribution in [0.25, 0.3) is 10.9 Å². The topological polar surface area (TPSA) is 30.0 Å². The first-order chi connectivity index (χ1) is 10.2. The number of carbonyl (C=O) groups excluding carboxylic acids is 1. The summed E-state index contributed by atoms with van der Waals surface area (Å²) in [4.78, 5) is 17.7. The van der Waals surface area contributed by atoms with Gasteiger partial charge in [-0.25, -0.2) is 0 Å². The summed E-state index contributed by atoms with van der Waals surface area (Å²) in [7, 11) is 0. The van der Waals surface area contributed by atoms with E-state index < -0.39 is 0 Å². The van der Waals surface area contributed by atoms with Crippen molar-refractivity contribution >= 4 is 44.4 Å². The second-order valence-electron chi connectivity index (χ2n) is 4.56. The summed E-state index contributed by atoms with van der Waals surface area (Å²) in [6, 6.07) is 17.6. The Kier molecular flexibility index (Phi) is 4.36. The van der Waals surface area contributed by atoms with Gasteiger partial charge in [-0.3, -0.25) is 9.78 Å². The van der Waals surface area contributed by atoms with Gasteiger partial charge < -0.3 is 0 Å². The molecule has 0 aliphatic carbocycles. The van der Waals surface area contributed by atoms with Gasteiger partial charge in [0, 0.05) is 26.5 Å². The van der Waals surface area contributed by atoms with Gasteiger partial charge in [-0.05, 0) is 40.2 Å². The number of para-hydroxylation sites is 1. The molecule has 0 aliphatic heterocycles. The molecule has 104 valence electrons. The summed E-state index contributed by atoms with van der Waals surface area (Å²) in [5.74, 6) is 0.497. The van der Waals surface area contributed by atoms with Gasteiger partial charge in [0.15, 0.2) is 5.78 Å². The van der Waals surface area contributed by atoms with Crippen molar-refractivity contribution in [3.05, 3.63) is 70.8 Å². The summed E-state index contributed by atoms with van der Waals surface area (Å²) in [5.41, 5.74) is 1.57. The number of aromatic nitrogens is 1. The lowest BCUT2D eigenvalue weighted by Gasteiger charge is -2.04. The Morgan fingerprint density at radius 2 is 1.86 bits per heavy atom. The molecule has 0 saturated carbocycles. The van der Waals surface area contributed by atoms with Crippen LogP contribution in [0.15, 0.2) is 70.2 Å². The van der Waals surface area contributed by atoms with E-state index in [1.165, 1.54) is 11.8 Å². The molecule has 0 saturated heterocycles. The average Bonchev–Trinajstić information content (AvgIpc) is 2.53. The second kappa shape index (κ2) is 6.41. The van der Waals surface area contributed by atoms with Gasteiger partial charge in [-0.2, -0.15) is 0 Å². The van der Waals surface area contributed by atoms with E-state index in [4.69, 9.17) is 0 Å². The van der Waals surface area contributed by atoms with E-state index in [9.17, 15) is 4.79 Å². The Bertz CT molecular complexity index is 803. The maximum atomic E-state index is 12.3. The van der Waals surface area contributed by atoms with E-state index in [0.29, 0.717) is 11.3 Å². The fraction of sp³-hybridized carbons (Fsp3) is 0.0588. The van der Waals surface area contributed by atoms with Crippen LogP contribution in [0.2, 0.25) is 0 Å². The van der Waals surface area contributed by atoms with Crippen LogP contribution in [0.3, 0.4) is 0 Å². The number of rotatable bonds is 4. The van der Waals surface area contributed by atoms with Crippen molar-refractivity contribution in [3.63, 3.8) is 0 Å². The van der Waals surface area contributed by atoms with Crippen LogP contribution in [-0.4, -0.2) is 16.5 Å². The predicted octanol–water partition coefficient (Wildman–Crippen LogP) is 4.97. The van der Waals surface area contributed by atoms with Crippen molar-refractivity contribution in [1.29, 1.82) is 0 Å². The Morgan fingerprint density at radius 3 is 2.71 bits per heavy atom. The summed E-state index contributed by atoms with van der Waals surface area (Å²) in [6.45, 7) is 0. The van der Waals surface area contributed by atoms with E-state index in [-0.39, 0.29) is 5.78 Å². The third kappa shape index (κ3) is 3.34. The van der Waals surface area contributed by atoms with Crippen molar-refractivity contribution in [2.24, 2.45) is 0 Å². The number of fused-ring (bicyclic) bond motifs is 1. The van der Waals surface area contributed by atoms with Crippen molar-refractivity contribution in [2.75, 3.05) is 5.75 Å². The fourth-order valence-electron chi connectivity index (χ4n) is 2.01. The van der Waals surface area contributed by atoms with Gasteiger partial charge >= 0.3 is 0 Å². The number of halogens is 1. The second-order valence-corrected chi connectivity index (χ2v) is 6.43. The Balaban J connectivity index is 1.76. The zero-order chi connectivity index (χ0) is 14.7. The first-order valence-corrected chi connectivity index (χ1v) is 8.27. The minimum atomic E-state index is 0.0917. The number of carbonyl (C=O) groups is 1. The average molecular weight is 358 g/mol. The Labute approximate surface area is 135 Å². The number of hydrogen-bond acceptors (Lipinski definition) is 3. The number of pyridine rings is 1. The van der Waals surface area contributed by atoms with Crippen LogP contribution in [0.1, 0.15) is 10.4 Å². The summed E-state index contributed by atoms with van der Waals surface area (Å²) < 4.78 is 1.01. The monoisotopic (exact) mass is 357 g/mol. The molecule has 3 aromatic rings. The molecule has 21 heavy (non-hydrogen) atoms. The van der Waals surface area contributed by atoms with Gasteiger partial charge in [0.1, 0.15) is 0 Å². The number of nitrogens with zero attached hydrogens (tertiary/aromatic N) is 1. The van der Waals surface area contributed by atoms with E-state index in [2.05, 4.69) is 20.9 Å². The van der Waals surface area contributed by atoms with E-state index in [0.717, 1.165) is 20.3 Å². The molecule has 1 aromatic heterocycles. The largest absolute Gasteiger partial charge is 0.293 e. The molecular weight excluding hydrogens is 346 g/mol. The number of hydrogen-bond donors (Lipinski definition) is 0.